The molecule has 0 aliphatic rings. The van der Waals surface area contributed by atoms with E-state index in [-0.39, 0.29) is 11.4 Å². The molecule has 0 unspecified atom stereocenters. The van der Waals surface area contributed by atoms with Crippen LogP contribution in [0.4, 0.5) is 0 Å². The van der Waals surface area contributed by atoms with Crippen LogP contribution in [0.25, 0.3) is 0 Å². The quantitative estimate of drug-likeness (QED) is 0.818. The fraction of sp³-hybridized carbons (Fsp3) is 0.538. The average Bonchev–Trinajstić information content (AvgIpc) is 2.52. The van der Waals surface area contributed by atoms with Crippen molar-refractivity contribution in [3.63, 3.8) is 0 Å². The molecule has 1 heterocycles. The van der Waals surface area contributed by atoms with Gasteiger partial charge in [0.05, 0.1) is 11.3 Å². The van der Waals surface area contributed by atoms with E-state index >= 15 is 0 Å². The maximum absolute atomic E-state index is 12.5. The van der Waals surface area contributed by atoms with Gasteiger partial charge in [0, 0.05) is 17.8 Å². The van der Waals surface area contributed by atoms with Gasteiger partial charge in [-0.05, 0) is 34.6 Å². The van der Waals surface area contributed by atoms with Crippen LogP contribution in [-0.2, 0) is 0 Å². The first-order chi connectivity index (χ1) is 7.79. The molecule has 0 bridgehead atoms. The Hall–Kier alpha value is -1.58. The Morgan fingerprint density at radius 3 is 2.41 bits per heavy atom. The van der Waals surface area contributed by atoms with Gasteiger partial charge >= 0.3 is 0 Å². The smallest absolute Gasteiger partial charge is 0.258 e. The second kappa shape index (κ2) is 4.73. The molecule has 0 aliphatic heterocycles. The molecular weight excluding hydrogens is 214 g/mol. The highest BCUT2D eigenvalue weighted by atomic mass is 16.2. The second-order valence-electron chi connectivity index (χ2n) is 5.18. The fourth-order valence-corrected chi connectivity index (χ4v) is 1.79. The third kappa shape index (κ3) is 2.75. The number of nitrogens with one attached hydrogen (secondary N) is 1. The van der Waals surface area contributed by atoms with Gasteiger partial charge < -0.3 is 4.90 Å². The molecule has 1 N–H and O–H groups in total. The zero-order valence-corrected chi connectivity index (χ0v) is 11.3. The highest BCUT2D eigenvalue weighted by Gasteiger charge is 2.29. The molecule has 0 radical (unpaired) electrons. The van der Waals surface area contributed by atoms with Crippen molar-refractivity contribution in [1.82, 2.24) is 15.1 Å². The lowest BCUT2D eigenvalue weighted by Gasteiger charge is -2.35. The number of rotatable bonds is 3. The minimum atomic E-state index is -0.235. The lowest BCUT2D eigenvalue weighted by Crippen LogP contribution is -2.46. The Bertz CT molecular complexity index is 407. The summed E-state index contributed by atoms with van der Waals surface area (Å²) in [5, 5.41) is 6.91. The number of carbonyl (C=O) groups is 1. The molecule has 0 spiro atoms. The molecule has 0 saturated carbocycles. The summed E-state index contributed by atoms with van der Waals surface area (Å²) in [7, 11) is 0. The minimum Gasteiger partial charge on any atom is -0.330 e. The average molecular weight is 235 g/mol. The molecule has 0 aromatic carbocycles. The van der Waals surface area contributed by atoms with Gasteiger partial charge in [0.15, 0.2) is 0 Å². The molecule has 17 heavy (non-hydrogen) atoms. The number of carbonyl (C=O) groups excluding carboxylic acids is 1. The number of hydrogen-bond acceptors (Lipinski definition) is 2. The number of aromatic nitrogens is 2. The van der Waals surface area contributed by atoms with Gasteiger partial charge in [0.1, 0.15) is 0 Å². The maximum atomic E-state index is 12.5. The van der Waals surface area contributed by atoms with Crippen LogP contribution >= 0.6 is 0 Å². The molecule has 1 rings (SSSR count). The van der Waals surface area contributed by atoms with Gasteiger partial charge in [0.2, 0.25) is 0 Å². The number of H-pyrrole nitrogens is 1. The summed E-state index contributed by atoms with van der Waals surface area (Å²) in [5.74, 6) is 0.00106. The van der Waals surface area contributed by atoms with Crippen molar-refractivity contribution in [3.8, 4) is 0 Å². The van der Waals surface area contributed by atoms with E-state index in [0.29, 0.717) is 12.1 Å². The summed E-state index contributed by atoms with van der Waals surface area (Å²) in [6.45, 7) is 14.0. The van der Waals surface area contributed by atoms with E-state index in [1.165, 1.54) is 0 Å². The van der Waals surface area contributed by atoms with Gasteiger partial charge in [-0.3, -0.25) is 9.89 Å². The Labute approximate surface area is 103 Å². The van der Waals surface area contributed by atoms with Gasteiger partial charge in [-0.2, -0.15) is 5.10 Å². The Morgan fingerprint density at radius 1 is 1.47 bits per heavy atom. The maximum Gasteiger partial charge on any atom is 0.258 e. The van der Waals surface area contributed by atoms with Crippen LogP contribution in [0, 0.1) is 13.8 Å². The first-order valence-electron chi connectivity index (χ1n) is 5.73. The molecule has 1 aromatic rings. The van der Waals surface area contributed by atoms with E-state index in [4.69, 9.17) is 0 Å². The van der Waals surface area contributed by atoms with E-state index in [1.54, 1.807) is 11.0 Å². The zero-order chi connectivity index (χ0) is 13.2. The van der Waals surface area contributed by atoms with Gasteiger partial charge in [-0.15, -0.1) is 6.58 Å². The van der Waals surface area contributed by atoms with Crippen LogP contribution < -0.4 is 0 Å². The number of aryl methyl sites for hydroxylation is 2. The Balaban J connectivity index is 3.13. The molecule has 4 nitrogen and oxygen atoms in total. The predicted octanol–water partition coefficient (Wildman–Crippen LogP) is 2.45. The molecule has 94 valence electrons. The van der Waals surface area contributed by atoms with Crippen molar-refractivity contribution in [2.45, 2.75) is 40.2 Å². The molecule has 0 aliphatic carbocycles. The molecule has 0 saturated heterocycles. The summed E-state index contributed by atoms with van der Waals surface area (Å²) >= 11 is 0. The van der Waals surface area contributed by atoms with Crippen LogP contribution in [-0.4, -0.2) is 33.1 Å². The molecule has 0 atom stereocenters. The first-order valence-corrected chi connectivity index (χ1v) is 5.73. The SMILES string of the molecule is C=CCN(C(=O)c1c(C)n[nH]c1C)C(C)(C)C. The van der Waals surface area contributed by atoms with Crippen molar-refractivity contribution in [2.75, 3.05) is 6.54 Å². The highest BCUT2D eigenvalue weighted by molar-refractivity contribution is 5.96. The summed E-state index contributed by atoms with van der Waals surface area (Å²) in [4.78, 5) is 14.3. The first kappa shape index (κ1) is 13.5. The van der Waals surface area contributed by atoms with Crippen molar-refractivity contribution in [3.05, 3.63) is 29.6 Å². The van der Waals surface area contributed by atoms with E-state index < -0.39 is 0 Å². The van der Waals surface area contributed by atoms with Crippen LogP contribution in [0.15, 0.2) is 12.7 Å². The van der Waals surface area contributed by atoms with Crippen molar-refractivity contribution < 1.29 is 4.79 Å². The summed E-state index contributed by atoms with van der Waals surface area (Å²) in [5.41, 5.74) is 1.99. The molecule has 0 fully saturated rings. The number of nitrogens with zero attached hydrogens (tertiary/aromatic N) is 2. The van der Waals surface area contributed by atoms with Crippen LogP contribution in [0.5, 0.6) is 0 Å². The number of amides is 1. The third-order valence-corrected chi connectivity index (χ3v) is 2.71. The Morgan fingerprint density at radius 2 is 2.06 bits per heavy atom. The molecule has 1 aromatic heterocycles. The van der Waals surface area contributed by atoms with Gasteiger partial charge in [0.25, 0.3) is 5.91 Å². The molecule has 1 amide bonds. The number of hydrogen-bond donors (Lipinski definition) is 1. The van der Waals surface area contributed by atoms with Crippen molar-refractivity contribution in [2.24, 2.45) is 0 Å². The molecule has 4 heteroatoms. The second-order valence-corrected chi connectivity index (χ2v) is 5.18. The fourth-order valence-electron chi connectivity index (χ4n) is 1.79. The minimum absolute atomic E-state index is 0.00106. The topological polar surface area (TPSA) is 49.0 Å². The summed E-state index contributed by atoms with van der Waals surface area (Å²) in [6, 6.07) is 0. The van der Waals surface area contributed by atoms with Gasteiger partial charge in [-0.1, -0.05) is 6.08 Å². The van der Waals surface area contributed by atoms with E-state index in [9.17, 15) is 4.79 Å². The van der Waals surface area contributed by atoms with E-state index in [1.807, 2.05) is 34.6 Å². The normalized spacial score (nSPS) is 11.4. The molecular formula is C13H21N3O. The van der Waals surface area contributed by atoms with Crippen LogP contribution in [0.3, 0.4) is 0 Å². The predicted molar refractivity (Wildman–Crippen MR) is 69.0 cm³/mol. The van der Waals surface area contributed by atoms with Crippen LogP contribution in [0.1, 0.15) is 42.5 Å². The Kier molecular flexibility index (Phi) is 3.76. The van der Waals surface area contributed by atoms with E-state index in [2.05, 4.69) is 16.8 Å². The lowest BCUT2D eigenvalue weighted by atomic mass is 10.0. The monoisotopic (exact) mass is 235 g/mol. The van der Waals surface area contributed by atoms with Crippen LogP contribution in [0.2, 0.25) is 0 Å². The van der Waals surface area contributed by atoms with Gasteiger partial charge in [-0.25, -0.2) is 0 Å². The van der Waals surface area contributed by atoms with Crippen molar-refractivity contribution >= 4 is 5.91 Å². The number of aromatic amines is 1. The summed E-state index contributed by atoms with van der Waals surface area (Å²) < 4.78 is 0. The standard InChI is InChI=1S/C13H21N3O/c1-7-8-16(13(4,5)6)12(17)11-9(2)14-15-10(11)3/h7H,1,8H2,2-6H3,(H,14,15). The highest BCUT2D eigenvalue weighted by Crippen LogP contribution is 2.20. The zero-order valence-electron chi connectivity index (χ0n) is 11.3. The third-order valence-electron chi connectivity index (χ3n) is 2.71. The lowest BCUT2D eigenvalue weighted by molar-refractivity contribution is 0.0615. The van der Waals surface area contributed by atoms with E-state index in [0.717, 1.165) is 11.4 Å². The summed E-state index contributed by atoms with van der Waals surface area (Å²) in [6.07, 6.45) is 1.74. The van der Waals surface area contributed by atoms with Crippen molar-refractivity contribution in [1.29, 1.82) is 0 Å². The largest absolute Gasteiger partial charge is 0.330 e.